The van der Waals surface area contributed by atoms with E-state index < -0.39 is 0 Å². The summed E-state index contributed by atoms with van der Waals surface area (Å²) in [7, 11) is 0. The van der Waals surface area contributed by atoms with Gasteiger partial charge in [0, 0.05) is 10.5 Å². The number of aryl methyl sites for hydroxylation is 1. The molecule has 0 unspecified atom stereocenters. The van der Waals surface area contributed by atoms with Gasteiger partial charge in [0.05, 0.1) is 0 Å². The lowest BCUT2D eigenvalue weighted by Crippen LogP contribution is -1.87. The van der Waals surface area contributed by atoms with Crippen LogP contribution in [0.25, 0.3) is 0 Å². The molecule has 0 aliphatic carbocycles. The lowest BCUT2D eigenvalue weighted by Gasteiger charge is -2.02. The van der Waals surface area contributed by atoms with Gasteiger partial charge in [0.2, 0.25) is 0 Å². The molecule has 0 amide bonds. The van der Waals surface area contributed by atoms with E-state index >= 15 is 0 Å². The van der Waals surface area contributed by atoms with Gasteiger partial charge < -0.3 is 0 Å². The van der Waals surface area contributed by atoms with E-state index in [1.165, 1.54) is 18.1 Å². The molecule has 0 saturated carbocycles. The van der Waals surface area contributed by atoms with Gasteiger partial charge in [-0.25, -0.2) is 4.98 Å². The van der Waals surface area contributed by atoms with Gasteiger partial charge in [-0.15, -0.1) is 0 Å². The van der Waals surface area contributed by atoms with Crippen molar-refractivity contribution in [1.82, 2.24) is 15.2 Å². The van der Waals surface area contributed by atoms with Crippen molar-refractivity contribution in [3.05, 3.63) is 35.7 Å². The highest BCUT2D eigenvalue weighted by Crippen LogP contribution is 2.27. The number of hydrogen-bond acceptors (Lipinski definition) is 4. The van der Waals surface area contributed by atoms with E-state index in [-0.39, 0.29) is 0 Å². The summed E-state index contributed by atoms with van der Waals surface area (Å²) >= 11 is 1.39. The minimum Gasteiger partial charge on any atom is -0.298 e. The molecule has 15 heavy (non-hydrogen) atoms. The first kappa shape index (κ1) is 9.92. The minimum absolute atomic E-state index is 0.677. The van der Waals surface area contributed by atoms with Crippen molar-refractivity contribution >= 4 is 18.0 Å². The fourth-order valence-corrected chi connectivity index (χ4v) is 1.97. The molecule has 0 fully saturated rings. The monoisotopic (exact) mass is 219 g/mol. The highest BCUT2D eigenvalue weighted by molar-refractivity contribution is 7.99. The molecule has 76 valence electrons. The zero-order valence-electron chi connectivity index (χ0n) is 8.10. The van der Waals surface area contributed by atoms with Crippen LogP contribution in [0.4, 0.5) is 0 Å². The van der Waals surface area contributed by atoms with E-state index in [1.54, 1.807) is 0 Å². The molecular weight excluding hydrogens is 210 g/mol. The Morgan fingerprint density at radius 2 is 2.33 bits per heavy atom. The minimum atomic E-state index is 0.677. The molecule has 0 atom stereocenters. The third kappa shape index (κ3) is 2.24. The maximum atomic E-state index is 10.8. The number of rotatable bonds is 3. The van der Waals surface area contributed by atoms with E-state index in [2.05, 4.69) is 15.2 Å². The second-order valence-electron chi connectivity index (χ2n) is 3.05. The lowest BCUT2D eigenvalue weighted by atomic mass is 10.2. The number of H-pyrrole nitrogens is 1. The summed E-state index contributed by atoms with van der Waals surface area (Å²) in [6.07, 6.45) is 2.29. The first-order valence-electron chi connectivity index (χ1n) is 4.38. The summed E-state index contributed by atoms with van der Waals surface area (Å²) < 4.78 is 0. The molecule has 0 aliphatic rings. The molecule has 1 heterocycles. The highest BCUT2D eigenvalue weighted by Gasteiger charge is 2.05. The Morgan fingerprint density at radius 3 is 3.00 bits per heavy atom. The van der Waals surface area contributed by atoms with Crippen molar-refractivity contribution < 1.29 is 4.79 Å². The van der Waals surface area contributed by atoms with Gasteiger partial charge in [0.15, 0.2) is 11.4 Å². The molecule has 0 spiro atoms. The molecular formula is C10H9N3OS. The molecule has 4 nitrogen and oxygen atoms in total. The first-order chi connectivity index (χ1) is 7.29. The molecule has 0 radical (unpaired) electrons. The first-order valence-corrected chi connectivity index (χ1v) is 5.20. The molecule has 2 rings (SSSR count). The summed E-state index contributed by atoms with van der Waals surface area (Å²) in [5.41, 5.74) is 1.75. The van der Waals surface area contributed by atoms with E-state index in [4.69, 9.17) is 0 Å². The normalized spacial score (nSPS) is 10.2. The average molecular weight is 219 g/mol. The molecule has 0 bridgehead atoms. The van der Waals surface area contributed by atoms with Crippen molar-refractivity contribution in [3.63, 3.8) is 0 Å². The fraction of sp³-hybridized carbons (Fsp3) is 0.100. The van der Waals surface area contributed by atoms with Crippen LogP contribution in [0.15, 0.2) is 34.6 Å². The van der Waals surface area contributed by atoms with Crippen LogP contribution < -0.4 is 0 Å². The molecule has 1 aromatic heterocycles. The van der Waals surface area contributed by atoms with Crippen molar-refractivity contribution in [2.24, 2.45) is 0 Å². The van der Waals surface area contributed by atoms with Crippen LogP contribution in [0.1, 0.15) is 15.9 Å². The SMILES string of the molecule is Cc1ccc(Sc2ncn[nH]2)c(C=O)c1. The van der Waals surface area contributed by atoms with Crippen LogP contribution in [-0.4, -0.2) is 21.5 Å². The molecule has 5 heteroatoms. The number of nitrogens with zero attached hydrogens (tertiary/aromatic N) is 2. The van der Waals surface area contributed by atoms with Crippen molar-refractivity contribution in [2.45, 2.75) is 17.0 Å². The van der Waals surface area contributed by atoms with Crippen LogP contribution in [0.2, 0.25) is 0 Å². The van der Waals surface area contributed by atoms with Crippen LogP contribution >= 0.6 is 11.8 Å². The number of benzene rings is 1. The van der Waals surface area contributed by atoms with E-state index in [1.807, 2.05) is 25.1 Å². The summed E-state index contributed by atoms with van der Waals surface area (Å²) in [5, 5.41) is 7.17. The van der Waals surface area contributed by atoms with Crippen LogP contribution in [0.5, 0.6) is 0 Å². The lowest BCUT2D eigenvalue weighted by molar-refractivity contribution is 0.112. The summed E-state index contributed by atoms with van der Waals surface area (Å²) in [5.74, 6) is 0. The largest absolute Gasteiger partial charge is 0.298 e. The smallest absolute Gasteiger partial charge is 0.188 e. The number of hydrogen-bond donors (Lipinski definition) is 1. The zero-order chi connectivity index (χ0) is 10.7. The Bertz CT molecular complexity index is 468. The van der Waals surface area contributed by atoms with Gasteiger partial charge in [-0.3, -0.25) is 9.89 Å². The fourth-order valence-electron chi connectivity index (χ4n) is 1.20. The van der Waals surface area contributed by atoms with Crippen molar-refractivity contribution in [2.75, 3.05) is 0 Å². The average Bonchev–Trinajstić information content (AvgIpc) is 2.73. The number of carbonyl (C=O) groups excluding carboxylic acids is 1. The molecule has 1 aromatic carbocycles. The summed E-state index contributed by atoms with van der Waals surface area (Å²) in [4.78, 5) is 15.7. The van der Waals surface area contributed by atoms with E-state index in [9.17, 15) is 4.79 Å². The van der Waals surface area contributed by atoms with Gasteiger partial charge in [0.25, 0.3) is 0 Å². The number of aromatic nitrogens is 3. The van der Waals surface area contributed by atoms with E-state index in [0.29, 0.717) is 10.7 Å². The van der Waals surface area contributed by atoms with Gasteiger partial charge in [0.1, 0.15) is 6.33 Å². The van der Waals surface area contributed by atoms with Crippen LogP contribution in [0, 0.1) is 6.92 Å². The summed E-state index contributed by atoms with van der Waals surface area (Å²) in [6.45, 7) is 1.95. The van der Waals surface area contributed by atoms with Crippen molar-refractivity contribution in [1.29, 1.82) is 0 Å². The molecule has 2 aromatic rings. The Hall–Kier alpha value is -1.62. The van der Waals surface area contributed by atoms with Gasteiger partial charge in [-0.1, -0.05) is 11.6 Å². The summed E-state index contributed by atoms with van der Waals surface area (Å²) in [6, 6.07) is 5.73. The maximum absolute atomic E-state index is 10.8. The highest BCUT2D eigenvalue weighted by atomic mass is 32.2. The maximum Gasteiger partial charge on any atom is 0.188 e. The van der Waals surface area contributed by atoms with Gasteiger partial charge in [-0.05, 0) is 30.8 Å². The zero-order valence-corrected chi connectivity index (χ0v) is 8.91. The standard InChI is InChI=1S/C10H9N3OS/c1-7-2-3-9(8(4-7)5-14)15-10-11-6-12-13-10/h2-6H,1H3,(H,11,12,13). The van der Waals surface area contributed by atoms with Gasteiger partial charge >= 0.3 is 0 Å². The Morgan fingerprint density at radius 1 is 1.47 bits per heavy atom. The third-order valence-electron chi connectivity index (χ3n) is 1.89. The second-order valence-corrected chi connectivity index (χ2v) is 4.08. The Kier molecular flexibility index (Phi) is 2.82. The predicted octanol–water partition coefficient (Wildman–Crippen LogP) is 2.08. The third-order valence-corrected chi connectivity index (χ3v) is 2.87. The number of aromatic amines is 1. The Balaban J connectivity index is 2.32. The van der Waals surface area contributed by atoms with Crippen LogP contribution in [-0.2, 0) is 0 Å². The number of nitrogens with one attached hydrogen (secondary N) is 1. The van der Waals surface area contributed by atoms with Gasteiger partial charge in [-0.2, -0.15) is 5.10 Å². The second kappa shape index (κ2) is 4.27. The van der Waals surface area contributed by atoms with E-state index in [0.717, 1.165) is 16.7 Å². The van der Waals surface area contributed by atoms with Crippen molar-refractivity contribution in [3.8, 4) is 0 Å². The predicted molar refractivity (Wildman–Crippen MR) is 57.1 cm³/mol. The molecule has 1 N–H and O–H groups in total. The topological polar surface area (TPSA) is 58.6 Å². The van der Waals surface area contributed by atoms with Crippen LogP contribution in [0.3, 0.4) is 0 Å². The molecule has 0 saturated heterocycles. The quantitative estimate of drug-likeness (QED) is 0.803. The number of aldehydes is 1. The number of carbonyl (C=O) groups is 1. The Labute approximate surface area is 91.1 Å². The molecule has 0 aliphatic heterocycles.